The van der Waals surface area contributed by atoms with Gasteiger partial charge in [0.1, 0.15) is 5.75 Å². The third-order valence-corrected chi connectivity index (χ3v) is 6.79. The highest BCUT2D eigenvalue weighted by molar-refractivity contribution is 5.94. The maximum absolute atomic E-state index is 12.8. The first-order valence-corrected chi connectivity index (χ1v) is 12.1. The number of rotatable bonds is 9. The van der Waals surface area contributed by atoms with E-state index in [-0.39, 0.29) is 17.7 Å². The van der Waals surface area contributed by atoms with Crippen LogP contribution < -0.4 is 0 Å². The molecule has 1 aliphatic heterocycles. The zero-order valence-electron chi connectivity index (χ0n) is 20.7. The summed E-state index contributed by atoms with van der Waals surface area (Å²) >= 11 is 0. The average Bonchev–Trinajstić information content (AvgIpc) is 2.81. The number of carbonyl (C=O) groups excluding carboxylic acids is 1. The molecule has 0 saturated carbocycles. The van der Waals surface area contributed by atoms with Crippen LogP contribution >= 0.6 is 0 Å². The van der Waals surface area contributed by atoms with Crippen molar-refractivity contribution in [3.63, 3.8) is 0 Å². The summed E-state index contributed by atoms with van der Waals surface area (Å²) in [6.07, 6.45) is 0. The maximum atomic E-state index is 12.8. The number of hydrogen-bond acceptors (Lipinski definition) is 5. The number of ether oxygens (including phenoxy) is 1. The maximum Gasteiger partial charge on any atom is 0.253 e. The molecule has 3 rings (SSSR count). The molecule has 1 N–H and O–H groups in total. The number of benzene rings is 2. The number of carbonyl (C=O) groups is 1. The summed E-state index contributed by atoms with van der Waals surface area (Å²) in [5.41, 5.74) is 2.89. The summed E-state index contributed by atoms with van der Waals surface area (Å²) in [4.78, 5) is 19.6. The summed E-state index contributed by atoms with van der Waals surface area (Å²) in [6, 6.07) is 16.3. The van der Waals surface area contributed by atoms with Crippen molar-refractivity contribution < 1.29 is 14.6 Å². The van der Waals surface area contributed by atoms with Gasteiger partial charge in [-0.25, -0.2) is 0 Å². The smallest absolute Gasteiger partial charge is 0.253 e. The fourth-order valence-electron chi connectivity index (χ4n) is 4.88. The number of phenols is 1. The lowest BCUT2D eigenvalue weighted by atomic mass is 9.92. The van der Waals surface area contributed by atoms with Crippen molar-refractivity contribution in [1.82, 2.24) is 14.7 Å². The number of phenolic OH excluding ortho intramolecular Hbond substituents is 1. The van der Waals surface area contributed by atoms with E-state index in [1.165, 1.54) is 0 Å². The summed E-state index contributed by atoms with van der Waals surface area (Å²) in [5, 5.41) is 10.2. The molecule has 3 atom stereocenters. The van der Waals surface area contributed by atoms with Crippen LogP contribution in [0.3, 0.4) is 0 Å². The standard InChI is InChI=1S/C27H39N3O3/c1-6-28(7-2)27(32)23-13-11-22(12-14-23)26(24-9-8-10-25(31)17-24)30-19-20(3)29(15-16-33-5)18-21(30)4/h8-14,17,20-21,26,31H,6-7,15-16,18-19H2,1-5H3/t20-,21-,26+/m0/s1. The van der Waals surface area contributed by atoms with Crippen molar-refractivity contribution in [3.05, 3.63) is 65.2 Å². The molecule has 0 radical (unpaired) electrons. The van der Waals surface area contributed by atoms with Crippen molar-refractivity contribution in [3.8, 4) is 5.75 Å². The van der Waals surface area contributed by atoms with Crippen LogP contribution in [-0.4, -0.2) is 84.2 Å². The van der Waals surface area contributed by atoms with E-state index in [4.69, 9.17) is 4.74 Å². The van der Waals surface area contributed by atoms with Crippen LogP contribution in [0.5, 0.6) is 5.75 Å². The van der Waals surface area contributed by atoms with E-state index in [1.54, 1.807) is 13.2 Å². The molecule has 0 aliphatic carbocycles. The van der Waals surface area contributed by atoms with Gasteiger partial charge in [0.2, 0.25) is 0 Å². The SMILES string of the molecule is CCN(CC)C(=O)c1ccc([C@H](c2cccc(O)c2)N2C[C@H](C)N(CCOC)C[C@@H]2C)cc1. The average molecular weight is 454 g/mol. The first-order valence-electron chi connectivity index (χ1n) is 12.1. The zero-order valence-corrected chi connectivity index (χ0v) is 20.7. The Labute approximate surface area is 198 Å². The molecule has 1 heterocycles. The summed E-state index contributed by atoms with van der Waals surface area (Å²) in [6.45, 7) is 13.5. The van der Waals surface area contributed by atoms with Crippen molar-refractivity contribution in [1.29, 1.82) is 0 Å². The first-order chi connectivity index (χ1) is 15.9. The lowest BCUT2D eigenvalue weighted by molar-refractivity contribution is 0.0116. The van der Waals surface area contributed by atoms with Crippen molar-refractivity contribution in [2.45, 2.75) is 45.8 Å². The predicted octanol–water partition coefficient (Wildman–Crippen LogP) is 4.00. The molecule has 0 spiro atoms. The molecular formula is C27H39N3O3. The van der Waals surface area contributed by atoms with Gasteiger partial charge < -0.3 is 14.7 Å². The highest BCUT2D eigenvalue weighted by atomic mass is 16.5. The highest BCUT2D eigenvalue weighted by Gasteiger charge is 2.34. The Kier molecular flexibility index (Phi) is 8.89. The van der Waals surface area contributed by atoms with Crippen LogP contribution in [0.15, 0.2) is 48.5 Å². The molecule has 2 aromatic rings. The van der Waals surface area contributed by atoms with Gasteiger partial charge in [-0.15, -0.1) is 0 Å². The van der Waals surface area contributed by atoms with E-state index in [0.29, 0.717) is 30.7 Å². The minimum atomic E-state index is -0.00303. The van der Waals surface area contributed by atoms with Crippen LogP contribution in [0.4, 0.5) is 0 Å². The molecular weight excluding hydrogens is 414 g/mol. The first kappa shape index (κ1) is 25.2. The third kappa shape index (κ3) is 5.94. The summed E-state index contributed by atoms with van der Waals surface area (Å²) < 4.78 is 5.30. The molecule has 0 aromatic heterocycles. The van der Waals surface area contributed by atoms with Crippen LogP contribution in [0.1, 0.15) is 55.2 Å². The van der Waals surface area contributed by atoms with E-state index >= 15 is 0 Å². The Balaban J connectivity index is 1.92. The molecule has 6 nitrogen and oxygen atoms in total. The van der Waals surface area contributed by atoms with Gasteiger partial charge in [-0.1, -0.05) is 24.3 Å². The van der Waals surface area contributed by atoms with Gasteiger partial charge in [-0.3, -0.25) is 14.6 Å². The highest BCUT2D eigenvalue weighted by Crippen LogP contribution is 2.34. The Morgan fingerprint density at radius 2 is 1.76 bits per heavy atom. The molecule has 0 bridgehead atoms. The number of hydrogen-bond donors (Lipinski definition) is 1. The quantitative estimate of drug-likeness (QED) is 0.622. The molecule has 33 heavy (non-hydrogen) atoms. The largest absolute Gasteiger partial charge is 0.508 e. The van der Waals surface area contributed by atoms with Crippen molar-refractivity contribution in [2.24, 2.45) is 0 Å². The number of amides is 1. The fourth-order valence-corrected chi connectivity index (χ4v) is 4.88. The van der Waals surface area contributed by atoms with Gasteiger partial charge in [0.15, 0.2) is 0 Å². The van der Waals surface area contributed by atoms with Gasteiger partial charge in [-0.05, 0) is 63.1 Å². The van der Waals surface area contributed by atoms with Crippen LogP contribution in [0.25, 0.3) is 0 Å². The minimum absolute atomic E-state index is 0.00303. The van der Waals surface area contributed by atoms with Crippen LogP contribution in [0, 0.1) is 0 Å². The van der Waals surface area contributed by atoms with Crippen LogP contribution in [0.2, 0.25) is 0 Å². The number of methoxy groups -OCH3 is 1. The van der Waals surface area contributed by atoms with E-state index in [9.17, 15) is 9.90 Å². The predicted molar refractivity (Wildman–Crippen MR) is 133 cm³/mol. The molecule has 180 valence electrons. The monoisotopic (exact) mass is 453 g/mol. The van der Waals surface area contributed by atoms with Gasteiger partial charge in [0.05, 0.1) is 12.6 Å². The number of aromatic hydroxyl groups is 1. The molecule has 6 heteroatoms. The number of nitrogens with zero attached hydrogens (tertiary/aromatic N) is 3. The molecule has 1 fully saturated rings. The molecule has 1 saturated heterocycles. The summed E-state index contributed by atoms with van der Waals surface area (Å²) in [7, 11) is 1.75. The van der Waals surface area contributed by atoms with Gasteiger partial charge >= 0.3 is 0 Å². The van der Waals surface area contributed by atoms with Gasteiger partial charge in [-0.2, -0.15) is 0 Å². The third-order valence-electron chi connectivity index (χ3n) is 6.79. The lowest BCUT2D eigenvalue weighted by Gasteiger charge is -2.47. The van der Waals surface area contributed by atoms with E-state index in [0.717, 1.165) is 37.4 Å². The van der Waals surface area contributed by atoms with E-state index in [2.05, 4.69) is 41.8 Å². The Hall–Kier alpha value is -2.41. The van der Waals surface area contributed by atoms with E-state index < -0.39 is 0 Å². The van der Waals surface area contributed by atoms with Crippen LogP contribution in [-0.2, 0) is 4.74 Å². The second-order valence-electron chi connectivity index (χ2n) is 8.98. The van der Waals surface area contributed by atoms with Gasteiger partial charge in [0, 0.05) is 57.5 Å². The Morgan fingerprint density at radius 1 is 1.06 bits per heavy atom. The topological polar surface area (TPSA) is 56.3 Å². The molecule has 1 amide bonds. The minimum Gasteiger partial charge on any atom is -0.508 e. The second kappa shape index (κ2) is 11.6. The van der Waals surface area contributed by atoms with Gasteiger partial charge in [0.25, 0.3) is 5.91 Å². The van der Waals surface area contributed by atoms with E-state index in [1.807, 2.05) is 43.0 Å². The van der Waals surface area contributed by atoms with Crippen molar-refractivity contribution >= 4 is 5.91 Å². The Bertz CT molecular complexity index is 898. The lowest BCUT2D eigenvalue weighted by Crippen LogP contribution is -2.57. The van der Waals surface area contributed by atoms with Crippen molar-refractivity contribution in [2.75, 3.05) is 46.4 Å². The molecule has 2 aromatic carbocycles. The fraction of sp³-hybridized carbons (Fsp3) is 0.519. The normalized spacial score (nSPS) is 20.5. The zero-order chi connectivity index (χ0) is 24.0. The Morgan fingerprint density at radius 3 is 2.36 bits per heavy atom. The second-order valence-corrected chi connectivity index (χ2v) is 8.98. The molecule has 0 unspecified atom stereocenters. The molecule has 1 aliphatic rings. The summed E-state index contributed by atoms with van der Waals surface area (Å²) in [5.74, 6) is 0.333. The number of piperazine rings is 1.